The van der Waals surface area contributed by atoms with Gasteiger partial charge in [0.25, 0.3) is 0 Å². The zero-order chi connectivity index (χ0) is 12.9. The van der Waals surface area contributed by atoms with Gasteiger partial charge in [0.2, 0.25) is 0 Å². The quantitative estimate of drug-likeness (QED) is 0.609. The number of benzene rings is 2. The van der Waals surface area contributed by atoms with Crippen molar-refractivity contribution in [3.8, 4) is 0 Å². The number of carbonyl (C=O) groups is 3. The summed E-state index contributed by atoms with van der Waals surface area (Å²) in [6.45, 7) is 0. The van der Waals surface area contributed by atoms with Gasteiger partial charge in [-0.25, -0.2) is 14.4 Å². The summed E-state index contributed by atoms with van der Waals surface area (Å²) >= 11 is 0. The molecule has 1 heterocycles. The van der Waals surface area contributed by atoms with Crippen LogP contribution >= 0.6 is 0 Å². The average Bonchev–Trinajstić information content (AvgIpc) is 2.34. The lowest BCUT2D eigenvalue weighted by atomic mass is 9.93. The fraction of sp³-hybridized carbons (Fsp3) is 0. The third-order valence-corrected chi connectivity index (χ3v) is 2.89. The van der Waals surface area contributed by atoms with Gasteiger partial charge < -0.3 is 9.84 Å². The zero-order valence-electron chi connectivity index (χ0n) is 8.97. The van der Waals surface area contributed by atoms with Crippen LogP contribution in [0.15, 0.2) is 30.3 Å². The maximum Gasteiger partial charge on any atom is 0.347 e. The molecule has 3 rings (SSSR count). The van der Waals surface area contributed by atoms with Crippen molar-refractivity contribution >= 4 is 28.7 Å². The van der Waals surface area contributed by atoms with Crippen LogP contribution in [0.3, 0.4) is 0 Å². The van der Waals surface area contributed by atoms with Crippen LogP contribution in [0.1, 0.15) is 31.1 Å². The Hall–Kier alpha value is -2.69. The van der Waals surface area contributed by atoms with Crippen molar-refractivity contribution in [2.75, 3.05) is 0 Å². The van der Waals surface area contributed by atoms with Crippen LogP contribution < -0.4 is 0 Å². The Balaban J connectivity index is 2.55. The first-order chi connectivity index (χ1) is 8.59. The molecule has 5 heteroatoms. The molecule has 2 aromatic rings. The summed E-state index contributed by atoms with van der Waals surface area (Å²) in [5, 5.41) is 10.0. The van der Waals surface area contributed by atoms with E-state index in [-0.39, 0.29) is 16.7 Å². The first-order valence-electron chi connectivity index (χ1n) is 5.15. The summed E-state index contributed by atoms with van der Waals surface area (Å²) < 4.78 is 4.55. The van der Waals surface area contributed by atoms with Gasteiger partial charge in [-0.15, -0.1) is 0 Å². The predicted molar refractivity (Wildman–Crippen MR) is 60.7 cm³/mol. The SMILES string of the molecule is O=C(O)c1ccc2cccc3c2c1C(=O)OC3=O. The third-order valence-electron chi connectivity index (χ3n) is 2.89. The number of hydrogen-bond acceptors (Lipinski definition) is 4. The second-order valence-corrected chi connectivity index (χ2v) is 3.87. The van der Waals surface area contributed by atoms with Gasteiger partial charge in [0.05, 0.1) is 16.7 Å². The van der Waals surface area contributed by atoms with E-state index in [1.54, 1.807) is 18.2 Å². The molecule has 0 aromatic heterocycles. The van der Waals surface area contributed by atoms with E-state index in [1.807, 2.05) is 0 Å². The van der Waals surface area contributed by atoms with Crippen LogP contribution in [-0.4, -0.2) is 23.0 Å². The molecule has 88 valence electrons. The number of esters is 2. The Kier molecular flexibility index (Phi) is 1.98. The fourth-order valence-corrected chi connectivity index (χ4v) is 2.13. The molecule has 5 nitrogen and oxygen atoms in total. The van der Waals surface area contributed by atoms with E-state index < -0.39 is 17.9 Å². The predicted octanol–water partition coefficient (Wildman–Crippen LogP) is 1.85. The van der Waals surface area contributed by atoms with Gasteiger partial charge in [0.1, 0.15) is 0 Å². The van der Waals surface area contributed by atoms with Crippen LogP contribution in [0.4, 0.5) is 0 Å². The van der Waals surface area contributed by atoms with Crippen molar-refractivity contribution < 1.29 is 24.2 Å². The first-order valence-corrected chi connectivity index (χ1v) is 5.15. The van der Waals surface area contributed by atoms with E-state index in [9.17, 15) is 14.4 Å². The van der Waals surface area contributed by atoms with Gasteiger partial charge in [-0.2, -0.15) is 0 Å². The first kappa shape index (κ1) is 10.5. The summed E-state index contributed by atoms with van der Waals surface area (Å²) in [6, 6.07) is 7.77. The second kappa shape index (κ2) is 3.40. The number of aromatic carboxylic acids is 1. The van der Waals surface area contributed by atoms with Crippen LogP contribution in [0, 0.1) is 0 Å². The lowest BCUT2D eigenvalue weighted by Crippen LogP contribution is -2.22. The molecule has 0 bridgehead atoms. The molecule has 0 amide bonds. The Bertz CT molecular complexity index is 729. The highest BCUT2D eigenvalue weighted by Gasteiger charge is 2.31. The number of carboxylic acids is 1. The highest BCUT2D eigenvalue weighted by Crippen LogP contribution is 2.31. The van der Waals surface area contributed by atoms with E-state index in [0.29, 0.717) is 10.8 Å². The summed E-state index contributed by atoms with van der Waals surface area (Å²) in [4.78, 5) is 34.4. The van der Waals surface area contributed by atoms with Crippen molar-refractivity contribution in [3.05, 3.63) is 47.0 Å². The second-order valence-electron chi connectivity index (χ2n) is 3.87. The number of hydrogen-bond donors (Lipinski definition) is 1. The van der Waals surface area contributed by atoms with Crippen molar-refractivity contribution in [2.45, 2.75) is 0 Å². The summed E-state index contributed by atoms with van der Waals surface area (Å²) in [5.74, 6) is -2.89. The molecular weight excluding hydrogens is 236 g/mol. The van der Waals surface area contributed by atoms with E-state index in [2.05, 4.69) is 4.74 Å². The molecule has 0 radical (unpaired) electrons. The topological polar surface area (TPSA) is 80.7 Å². The molecule has 0 aliphatic carbocycles. The minimum absolute atomic E-state index is 0.0600. The van der Waals surface area contributed by atoms with Crippen molar-refractivity contribution in [1.29, 1.82) is 0 Å². The molecule has 0 atom stereocenters. The average molecular weight is 242 g/mol. The molecule has 0 fully saturated rings. The molecule has 18 heavy (non-hydrogen) atoms. The lowest BCUT2D eigenvalue weighted by molar-refractivity contribution is 0.0385. The van der Waals surface area contributed by atoms with Gasteiger partial charge in [0.15, 0.2) is 0 Å². The fourth-order valence-electron chi connectivity index (χ4n) is 2.13. The summed E-state index contributed by atoms with van der Waals surface area (Å²) in [7, 11) is 0. The molecule has 0 spiro atoms. The van der Waals surface area contributed by atoms with Gasteiger partial charge >= 0.3 is 17.9 Å². The van der Waals surface area contributed by atoms with Crippen LogP contribution in [0.5, 0.6) is 0 Å². The van der Waals surface area contributed by atoms with E-state index in [0.717, 1.165) is 0 Å². The molecular formula is C13H6O5. The highest BCUT2D eigenvalue weighted by atomic mass is 16.6. The maximum absolute atomic E-state index is 11.7. The van der Waals surface area contributed by atoms with Crippen LogP contribution in [0.25, 0.3) is 10.8 Å². The Labute approximate surface area is 101 Å². The van der Waals surface area contributed by atoms with Crippen molar-refractivity contribution in [3.63, 3.8) is 0 Å². The standard InChI is InChI=1S/C13H6O5/c14-11(15)7-5-4-6-2-1-3-8-9(6)10(7)13(17)18-12(8)16/h1-5H,(H,14,15). The molecule has 1 N–H and O–H groups in total. The number of ether oxygens (including phenoxy) is 1. The Morgan fingerprint density at radius 1 is 1.06 bits per heavy atom. The Morgan fingerprint density at radius 2 is 1.83 bits per heavy atom. The van der Waals surface area contributed by atoms with E-state index in [1.165, 1.54) is 12.1 Å². The monoisotopic (exact) mass is 242 g/mol. The summed E-state index contributed by atoms with van der Waals surface area (Å²) in [6.07, 6.45) is 0. The number of rotatable bonds is 1. The highest BCUT2D eigenvalue weighted by molar-refractivity contribution is 6.23. The summed E-state index contributed by atoms with van der Waals surface area (Å²) in [5.41, 5.74) is -0.00662. The zero-order valence-corrected chi connectivity index (χ0v) is 8.97. The van der Waals surface area contributed by atoms with E-state index in [4.69, 9.17) is 5.11 Å². The maximum atomic E-state index is 11.7. The Morgan fingerprint density at radius 3 is 2.56 bits per heavy atom. The number of cyclic esters (lactones) is 2. The van der Waals surface area contributed by atoms with Gasteiger partial charge in [0, 0.05) is 5.39 Å². The molecule has 2 aromatic carbocycles. The lowest BCUT2D eigenvalue weighted by Gasteiger charge is -2.16. The largest absolute Gasteiger partial charge is 0.478 e. The van der Waals surface area contributed by atoms with Crippen molar-refractivity contribution in [1.82, 2.24) is 0 Å². The minimum atomic E-state index is -1.23. The van der Waals surface area contributed by atoms with Gasteiger partial charge in [-0.3, -0.25) is 0 Å². The minimum Gasteiger partial charge on any atom is -0.478 e. The molecule has 1 aliphatic heterocycles. The van der Waals surface area contributed by atoms with Gasteiger partial charge in [-0.1, -0.05) is 18.2 Å². The third kappa shape index (κ3) is 1.24. The van der Waals surface area contributed by atoms with E-state index >= 15 is 0 Å². The molecule has 1 aliphatic rings. The normalized spacial score (nSPS) is 13.6. The molecule has 0 saturated heterocycles. The molecule has 0 saturated carbocycles. The van der Waals surface area contributed by atoms with Crippen LogP contribution in [-0.2, 0) is 4.74 Å². The smallest absolute Gasteiger partial charge is 0.347 e. The molecule has 0 unspecified atom stereocenters. The number of carbonyl (C=O) groups excluding carboxylic acids is 2. The van der Waals surface area contributed by atoms with Crippen molar-refractivity contribution in [2.24, 2.45) is 0 Å². The van der Waals surface area contributed by atoms with Gasteiger partial charge in [-0.05, 0) is 17.5 Å². The van der Waals surface area contributed by atoms with Crippen LogP contribution in [0.2, 0.25) is 0 Å². The number of carboxylic acid groups (broad SMARTS) is 1.